The predicted molar refractivity (Wildman–Crippen MR) is 377 cm³/mol. The maximum Gasteiger partial charge on any atom is 0.298 e. The number of rotatable bonds is 12. The van der Waals surface area contributed by atoms with Crippen molar-refractivity contribution in [2.24, 2.45) is 59.2 Å². The Labute approximate surface area is 553 Å². The van der Waals surface area contributed by atoms with E-state index < -0.39 is 0 Å². The van der Waals surface area contributed by atoms with Gasteiger partial charge in [-0.05, 0) is 210 Å². The van der Waals surface area contributed by atoms with Crippen molar-refractivity contribution in [2.75, 3.05) is 70.8 Å². The number of carbonyl (C=O) groups is 7. The van der Waals surface area contributed by atoms with E-state index in [-0.39, 0.29) is 41.4 Å². The van der Waals surface area contributed by atoms with Crippen LogP contribution < -0.4 is 5.32 Å². The van der Waals surface area contributed by atoms with Gasteiger partial charge in [0.1, 0.15) is 0 Å². The minimum Gasteiger partial charge on any atom is -0.339 e. The average Bonchev–Trinajstić information content (AvgIpc) is 2.37. The minimum atomic E-state index is -0.175. The van der Waals surface area contributed by atoms with Crippen LogP contribution in [0.2, 0.25) is 0 Å². The van der Waals surface area contributed by atoms with Gasteiger partial charge in [-0.25, -0.2) is 0 Å². The molecule has 6 aliphatic heterocycles. The van der Waals surface area contributed by atoms with Crippen molar-refractivity contribution in [3.8, 4) is 35.5 Å². The number of nitrogens with zero attached hydrogens (tertiary/aromatic N) is 6. The molecule has 6 fully saturated rings. The smallest absolute Gasteiger partial charge is 0.298 e. The van der Waals surface area contributed by atoms with Gasteiger partial charge in [0.2, 0.25) is 23.6 Å². The number of hydrogen-bond donors (Lipinski definition) is 1. The zero-order valence-corrected chi connectivity index (χ0v) is 59.6. The van der Waals surface area contributed by atoms with Crippen molar-refractivity contribution in [3.05, 3.63) is 80.4 Å². The molecule has 0 aromatic heterocycles. The molecule has 91 heavy (non-hydrogen) atoms. The Morgan fingerprint density at radius 2 is 0.791 bits per heavy atom. The first-order valence-electron chi connectivity index (χ1n) is 34.0. The molecule has 7 rings (SSSR count). The number of nitrogens with one attached hydrogen (secondary N) is 1. The Bertz CT molecular complexity index is 2670. The number of amides is 7. The second-order valence-electron chi connectivity index (χ2n) is 27.1. The topological polar surface area (TPSA) is 151 Å². The Morgan fingerprint density at radius 3 is 1.19 bits per heavy atom. The zero-order valence-electron chi connectivity index (χ0n) is 59.6. The summed E-state index contributed by atoms with van der Waals surface area (Å²) in [5.74, 6) is 22.8. The normalized spacial score (nSPS) is 20.5. The molecule has 14 nitrogen and oxygen atoms in total. The van der Waals surface area contributed by atoms with Gasteiger partial charge in [-0.3, -0.25) is 33.6 Å². The molecular weight excluding hydrogens is 1130 g/mol. The lowest BCUT2D eigenvalue weighted by Crippen LogP contribution is -2.40. The number of benzene rings is 1. The SMILES string of the molecule is C=CC(=O)N1CCC(C(C)C)C1.C=CC(=O)N1CCCC(C(C)C)C1.C=CC(=O)N1CCCC1C(C)C.C=CC(=O)Nc1cccc(C(C)C)c1.CC#CC(=O)N1CCC(C(C)C)C1.CC#CC(=O)N1CCCC(C(C)C)C1.CC#CC(=O)N1CCCC1C(C)C. The van der Waals surface area contributed by atoms with Crippen molar-refractivity contribution >= 4 is 47.0 Å². The molecule has 6 unspecified atom stereocenters. The summed E-state index contributed by atoms with van der Waals surface area (Å²) in [7, 11) is 0. The molecule has 1 aromatic carbocycles. The molecule has 506 valence electrons. The highest BCUT2D eigenvalue weighted by Gasteiger charge is 2.32. The summed E-state index contributed by atoms with van der Waals surface area (Å²) in [4.78, 5) is 90.7. The summed E-state index contributed by atoms with van der Waals surface area (Å²) in [6.45, 7) is 58.7. The largest absolute Gasteiger partial charge is 0.339 e. The van der Waals surface area contributed by atoms with E-state index in [1.807, 2.05) is 53.7 Å². The highest BCUT2D eigenvalue weighted by Crippen LogP contribution is 2.28. The molecule has 0 spiro atoms. The lowest BCUT2D eigenvalue weighted by Gasteiger charge is -2.34. The summed E-state index contributed by atoms with van der Waals surface area (Å²) in [5.41, 5.74) is 2.04. The van der Waals surface area contributed by atoms with Gasteiger partial charge in [0, 0.05) is 83.2 Å². The first kappa shape index (κ1) is 82.2. The summed E-state index contributed by atoms with van der Waals surface area (Å²) in [6, 6.07) is 8.69. The van der Waals surface area contributed by atoms with E-state index in [0.717, 1.165) is 123 Å². The third-order valence-corrected chi connectivity index (χ3v) is 18.2. The van der Waals surface area contributed by atoms with Gasteiger partial charge < -0.3 is 34.7 Å². The van der Waals surface area contributed by atoms with Gasteiger partial charge in [-0.15, -0.1) is 0 Å². The fraction of sp³-hybridized carbons (Fsp3) is 0.649. The minimum absolute atomic E-state index is 0.00120. The molecule has 14 heteroatoms. The van der Waals surface area contributed by atoms with Crippen LogP contribution in [0.15, 0.2) is 74.9 Å². The van der Waals surface area contributed by atoms with Crippen LogP contribution in [0.25, 0.3) is 0 Å². The van der Waals surface area contributed by atoms with Gasteiger partial charge in [0.05, 0.1) is 0 Å². The third-order valence-electron chi connectivity index (χ3n) is 18.2. The molecule has 6 aliphatic rings. The lowest BCUT2D eigenvalue weighted by molar-refractivity contribution is -0.128. The monoisotopic (exact) mass is 1260 g/mol. The third kappa shape index (κ3) is 30.4. The summed E-state index contributed by atoms with van der Waals surface area (Å²) < 4.78 is 0. The highest BCUT2D eigenvalue weighted by atomic mass is 16.2. The number of anilines is 1. The van der Waals surface area contributed by atoms with Crippen LogP contribution >= 0.6 is 0 Å². The van der Waals surface area contributed by atoms with E-state index in [2.05, 4.69) is 164 Å². The first-order chi connectivity index (χ1) is 43.0. The average molecular weight is 1260 g/mol. The maximum atomic E-state index is 11.5. The Hall–Kier alpha value is -6.85. The first-order valence-corrected chi connectivity index (χ1v) is 34.0. The van der Waals surface area contributed by atoms with Gasteiger partial charge in [0.25, 0.3) is 17.7 Å². The lowest BCUT2D eigenvalue weighted by atomic mass is 9.88. The van der Waals surface area contributed by atoms with Crippen molar-refractivity contribution < 1.29 is 33.6 Å². The van der Waals surface area contributed by atoms with Crippen LogP contribution in [0, 0.1) is 94.7 Å². The summed E-state index contributed by atoms with van der Waals surface area (Å²) in [5, 5.41) is 2.73. The molecule has 7 amide bonds. The van der Waals surface area contributed by atoms with E-state index in [4.69, 9.17) is 0 Å². The molecule has 0 bridgehead atoms. The maximum absolute atomic E-state index is 11.5. The molecule has 6 atom stereocenters. The Morgan fingerprint density at radius 1 is 0.429 bits per heavy atom. The van der Waals surface area contributed by atoms with E-state index >= 15 is 0 Å². The molecule has 0 radical (unpaired) electrons. The van der Waals surface area contributed by atoms with Crippen molar-refractivity contribution in [2.45, 2.75) is 200 Å². The van der Waals surface area contributed by atoms with Gasteiger partial charge >= 0.3 is 0 Å². The molecule has 0 aliphatic carbocycles. The fourth-order valence-corrected chi connectivity index (χ4v) is 12.1. The highest BCUT2D eigenvalue weighted by molar-refractivity contribution is 5.99. The predicted octanol–water partition coefficient (Wildman–Crippen LogP) is 13.6. The van der Waals surface area contributed by atoms with Crippen molar-refractivity contribution in [3.63, 3.8) is 0 Å². The second-order valence-corrected chi connectivity index (χ2v) is 27.1. The number of likely N-dealkylation sites (tertiary alicyclic amines) is 6. The molecule has 1 N–H and O–H groups in total. The Balaban J connectivity index is 0.000000531. The van der Waals surface area contributed by atoms with Crippen LogP contribution in [0.3, 0.4) is 0 Å². The van der Waals surface area contributed by atoms with Crippen LogP contribution in [-0.4, -0.2) is 148 Å². The van der Waals surface area contributed by atoms with Gasteiger partial charge in [-0.1, -0.05) is 153 Å². The van der Waals surface area contributed by atoms with Crippen LogP contribution in [-0.2, 0) is 33.6 Å². The van der Waals surface area contributed by atoms with E-state index in [1.54, 1.807) is 20.8 Å². The van der Waals surface area contributed by atoms with Crippen LogP contribution in [0.4, 0.5) is 5.69 Å². The van der Waals surface area contributed by atoms with Gasteiger partial charge in [-0.2, -0.15) is 0 Å². The zero-order chi connectivity index (χ0) is 68.9. The number of piperidine rings is 2. The van der Waals surface area contributed by atoms with Crippen molar-refractivity contribution in [1.29, 1.82) is 0 Å². The second kappa shape index (κ2) is 44.6. The Kier molecular flexibility index (Phi) is 40.3. The molecule has 1 aromatic rings. The quantitative estimate of drug-likeness (QED) is 0.162. The fourth-order valence-electron chi connectivity index (χ4n) is 12.1. The molecular formula is C77H121N7O7. The van der Waals surface area contributed by atoms with Gasteiger partial charge in [0.15, 0.2) is 0 Å². The molecule has 6 heterocycles. The van der Waals surface area contributed by atoms with E-state index in [0.29, 0.717) is 77.2 Å². The summed E-state index contributed by atoms with van der Waals surface area (Å²) >= 11 is 0. The standard InChI is InChI=1S/C12H15NO.C12H19NO.C11H19NO.2C11H17NO.2C10H17NO/c1-4-12(14)13-11-7-5-6-10(8-11)9(2)3;1-4-6-12(14)13-8-5-7-11(9-13)10(2)3;1-4-11(13)12-7-5-6-10(8-12)9(2)3;1-4-6-11(13)12-8-5-7-10(12)9(2)3;1-4-5-11(13)12-7-6-10(8-12)9(2)3;1-4-10(12)11-6-5-9(7-11)8(2)3;1-4-10(12)11-7-5-6-9(11)8(2)3/h4-9H,1H2,2-3H3,(H,13,14);10-11H,5,7-9H2,1-3H3;4,9-10H,1,5-8H2,2-3H3;9-10H,5,7-8H2,1-3H3;9-10H,6-8H2,1-3H3;2*4,8-9H,1,5-7H2,2-3H3. The van der Waals surface area contributed by atoms with E-state index in [1.165, 1.54) is 42.7 Å². The number of hydrogen-bond acceptors (Lipinski definition) is 7. The van der Waals surface area contributed by atoms with E-state index in [9.17, 15) is 33.6 Å². The van der Waals surface area contributed by atoms with Crippen LogP contribution in [0.5, 0.6) is 0 Å². The summed E-state index contributed by atoms with van der Waals surface area (Å²) in [6.07, 6.45) is 17.1. The van der Waals surface area contributed by atoms with Crippen LogP contribution in [0.1, 0.15) is 193 Å². The van der Waals surface area contributed by atoms with Crippen molar-refractivity contribution in [1.82, 2.24) is 29.4 Å². The molecule has 6 saturated heterocycles. The number of carbonyl (C=O) groups excluding carboxylic acids is 7. The molecule has 0 saturated carbocycles.